The van der Waals surface area contributed by atoms with E-state index >= 15 is 0 Å². The Balaban J connectivity index is 2.31. The van der Waals surface area contributed by atoms with Crippen LogP contribution in [0.15, 0.2) is 12.4 Å². The second kappa shape index (κ2) is 5.28. The highest BCUT2D eigenvalue weighted by Gasteiger charge is 2.16. The third-order valence-electron chi connectivity index (χ3n) is 2.61. The number of nitrogens with one attached hydrogen (secondary N) is 1. The maximum atomic E-state index is 9.77. The number of hydrogen-bond donors (Lipinski definition) is 2. The predicted molar refractivity (Wildman–Crippen MR) is 60.5 cm³/mol. The van der Waals surface area contributed by atoms with Crippen molar-refractivity contribution in [3.8, 4) is 0 Å². The van der Waals surface area contributed by atoms with Crippen molar-refractivity contribution in [2.75, 3.05) is 6.54 Å². The van der Waals surface area contributed by atoms with Crippen LogP contribution in [0.5, 0.6) is 0 Å². The van der Waals surface area contributed by atoms with Crippen LogP contribution in [-0.2, 0) is 13.1 Å². The summed E-state index contributed by atoms with van der Waals surface area (Å²) in [5.41, 5.74) is 0.546. The highest BCUT2D eigenvalue weighted by molar-refractivity contribution is 5.03. The van der Waals surface area contributed by atoms with Crippen molar-refractivity contribution in [1.29, 1.82) is 0 Å². The van der Waals surface area contributed by atoms with Crippen molar-refractivity contribution < 1.29 is 5.11 Å². The second-order valence-electron chi connectivity index (χ2n) is 4.16. The van der Waals surface area contributed by atoms with Crippen LogP contribution < -0.4 is 5.32 Å². The molecule has 4 nitrogen and oxygen atoms in total. The van der Waals surface area contributed by atoms with Crippen molar-refractivity contribution in [3.05, 3.63) is 18.0 Å². The van der Waals surface area contributed by atoms with E-state index in [0.29, 0.717) is 6.54 Å². The van der Waals surface area contributed by atoms with Crippen molar-refractivity contribution in [2.45, 2.75) is 45.9 Å². The quantitative estimate of drug-likeness (QED) is 0.742. The minimum absolute atomic E-state index is 0.610. The van der Waals surface area contributed by atoms with E-state index < -0.39 is 5.60 Å². The molecule has 0 spiro atoms. The van der Waals surface area contributed by atoms with Gasteiger partial charge in [-0.3, -0.25) is 4.68 Å². The normalized spacial score (nSPS) is 15.2. The lowest BCUT2D eigenvalue weighted by Crippen LogP contribution is -2.36. The van der Waals surface area contributed by atoms with Crippen LogP contribution in [0.1, 0.15) is 32.8 Å². The van der Waals surface area contributed by atoms with Gasteiger partial charge in [-0.25, -0.2) is 0 Å². The molecule has 0 aliphatic carbocycles. The second-order valence-corrected chi connectivity index (χ2v) is 4.16. The Hall–Kier alpha value is -0.870. The van der Waals surface area contributed by atoms with Gasteiger partial charge in [0.15, 0.2) is 0 Å². The summed E-state index contributed by atoms with van der Waals surface area (Å²) < 4.78 is 1.90. The average Bonchev–Trinajstić information content (AvgIpc) is 2.66. The molecule has 0 aliphatic rings. The molecule has 0 saturated heterocycles. The van der Waals surface area contributed by atoms with E-state index in [-0.39, 0.29) is 0 Å². The Morgan fingerprint density at radius 2 is 2.27 bits per heavy atom. The molecule has 1 unspecified atom stereocenters. The summed E-state index contributed by atoms with van der Waals surface area (Å²) in [6.07, 6.45) is 4.64. The monoisotopic (exact) mass is 211 g/mol. The van der Waals surface area contributed by atoms with Crippen LogP contribution in [0.25, 0.3) is 0 Å². The maximum absolute atomic E-state index is 9.77. The van der Waals surface area contributed by atoms with Crippen LogP contribution in [0, 0.1) is 0 Å². The molecule has 0 aromatic carbocycles. The minimum Gasteiger partial charge on any atom is -0.389 e. The smallest absolute Gasteiger partial charge is 0.0741 e. The lowest BCUT2D eigenvalue weighted by molar-refractivity contribution is 0.0555. The Labute approximate surface area is 91.3 Å². The van der Waals surface area contributed by atoms with Crippen LogP contribution in [0.3, 0.4) is 0 Å². The van der Waals surface area contributed by atoms with Gasteiger partial charge < -0.3 is 10.4 Å². The van der Waals surface area contributed by atoms with Crippen LogP contribution in [0.2, 0.25) is 0 Å². The Morgan fingerprint density at radius 1 is 1.53 bits per heavy atom. The zero-order valence-electron chi connectivity index (χ0n) is 9.82. The van der Waals surface area contributed by atoms with E-state index in [4.69, 9.17) is 0 Å². The number of aryl methyl sites for hydroxylation is 1. The molecule has 0 amide bonds. The largest absolute Gasteiger partial charge is 0.389 e. The van der Waals surface area contributed by atoms with E-state index in [9.17, 15) is 5.11 Å². The first-order chi connectivity index (χ1) is 7.07. The summed E-state index contributed by atoms with van der Waals surface area (Å²) in [6.45, 7) is 8.15. The van der Waals surface area contributed by atoms with E-state index in [1.54, 1.807) is 0 Å². The SMILES string of the molecule is CCn1cc(CNCC(C)(O)CC)cn1. The van der Waals surface area contributed by atoms with Crippen LogP contribution in [0.4, 0.5) is 0 Å². The van der Waals surface area contributed by atoms with Crippen molar-refractivity contribution in [1.82, 2.24) is 15.1 Å². The molecule has 1 aromatic heterocycles. The topological polar surface area (TPSA) is 50.1 Å². The third kappa shape index (κ3) is 4.01. The van der Waals surface area contributed by atoms with Gasteiger partial charge in [-0.1, -0.05) is 6.92 Å². The first kappa shape index (κ1) is 12.2. The fourth-order valence-electron chi connectivity index (χ4n) is 1.27. The predicted octanol–water partition coefficient (Wildman–Crippen LogP) is 1.15. The first-order valence-corrected chi connectivity index (χ1v) is 5.52. The van der Waals surface area contributed by atoms with Gasteiger partial charge in [-0.2, -0.15) is 5.10 Å². The maximum Gasteiger partial charge on any atom is 0.0741 e. The fourth-order valence-corrected chi connectivity index (χ4v) is 1.27. The van der Waals surface area contributed by atoms with Gasteiger partial charge in [-0.05, 0) is 20.3 Å². The molecular weight excluding hydrogens is 190 g/mol. The van der Waals surface area contributed by atoms with Gasteiger partial charge in [0.25, 0.3) is 0 Å². The van der Waals surface area contributed by atoms with Gasteiger partial charge in [-0.15, -0.1) is 0 Å². The van der Waals surface area contributed by atoms with E-state index in [1.807, 2.05) is 30.9 Å². The molecule has 1 atom stereocenters. The zero-order chi connectivity index (χ0) is 11.3. The van der Waals surface area contributed by atoms with Crippen LogP contribution in [-0.4, -0.2) is 27.0 Å². The van der Waals surface area contributed by atoms with E-state index in [1.165, 1.54) is 0 Å². The van der Waals surface area contributed by atoms with Crippen LogP contribution >= 0.6 is 0 Å². The molecule has 1 rings (SSSR count). The third-order valence-corrected chi connectivity index (χ3v) is 2.61. The molecule has 0 bridgehead atoms. The van der Waals surface area contributed by atoms with Gasteiger partial charge in [0.1, 0.15) is 0 Å². The summed E-state index contributed by atoms with van der Waals surface area (Å²) in [7, 11) is 0. The number of rotatable bonds is 6. The first-order valence-electron chi connectivity index (χ1n) is 5.52. The lowest BCUT2D eigenvalue weighted by atomic mass is 10.0. The molecule has 4 heteroatoms. The van der Waals surface area contributed by atoms with Crippen molar-refractivity contribution in [3.63, 3.8) is 0 Å². The minimum atomic E-state index is -0.610. The fraction of sp³-hybridized carbons (Fsp3) is 0.727. The summed E-state index contributed by atoms with van der Waals surface area (Å²) in [4.78, 5) is 0. The van der Waals surface area contributed by atoms with Crippen molar-refractivity contribution in [2.24, 2.45) is 0 Å². The molecule has 15 heavy (non-hydrogen) atoms. The Morgan fingerprint density at radius 3 is 2.80 bits per heavy atom. The summed E-state index contributed by atoms with van der Waals surface area (Å²) in [6, 6.07) is 0. The lowest BCUT2D eigenvalue weighted by Gasteiger charge is -2.21. The Kier molecular flexibility index (Phi) is 4.29. The Bertz CT molecular complexity index is 294. The number of aromatic nitrogens is 2. The molecule has 1 aromatic rings. The van der Waals surface area contributed by atoms with Gasteiger partial charge >= 0.3 is 0 Å². The number of aliphatic hydroxyl groups is 1. The molecule has 0 saturated carbocycles. The van der Waals surface area contributed by atoms with Gasteiger partial charge in [0, 0.05) is 31.4 Å². The molecule has 2 N–H and O–H groups in total. The standard InChI is InChI=1S/C11H21N3O/c1-4-11(3,15)9-12-6-10-7-13-14(5-2)8-10/h7-8,12,15H,4-6,9H2,1-3H3. The average molecular weight is 211 g/mol. The molecule has 0 radical (unpaired) electrons. The van der Waals surface area contributed by atoms with Crippen molar-refractivity contribution >= 4 is 0 Å². The van der Waals surface area contributed by atoms with E-state index in [2.05, 4.69) is 17.3 Å². The number of hydrogen-bond acceptors (Lipinski definition) is 3. The highest BCUT2D eigenvalue weighted by atomic mass is 16.3. The number of nitrogens with zero attached hydrogens (tertiary/aromatic N) is 2. The summed E-state index contributed by atoms with van der Waals surface area (Å²) in [5.74, 6) is 0. The summed E-state index contributed by atoms with van der Waals surface area (Å²) >= 11 is 0. The summed E-state index contributed by atoms with van der Waals surface area (Å²) in [5, 5.41) is 17.2. The van der Waals surface area contributed by atoms with Gasteiger partial charge in [0.05, 0.1) is 11.8 Å². The molecule has 0 fully saturated rings. The molecule has 86 valence electrons. The molecular formula is C11H21N3O. The molecule has 0 aliphatic heterocycles. The molecule has 1 heterocycles. The highest BCUT2D eigenvalue weighted by Crippen LogP contribution is 2.06. The zero-order valence-corrected chi connectivity index (χ0v) is 9.82. The van der Waals surface area contributed by atoms with Gasteiger partial charge in [0.2, 0.25) is 0 Å². The van der Waals surface area contributed by atoms with E-state index in [0.717, 1.165) is 25.1 Å².